The van der Waals surface area contributed by atoms with Crippen LogP contribution in [0.3, 0.4) is 0 Å². The largest absolute Gasteiger partial charge is 0.394 e. The van der Waals surface area contributed by atoms with E-state index in [1.165, 1.54) is 16.7 Å². The molecule has 0 aliphatic carbocycles. The molecule has 0 aromatic carbocycles. The maximum absolute atomic E-state index is 12.2. The van der Waals surface area contributed by atoms with E-state index < -0.39 is 36.2 Å². The van der Waals surface area contributed by atoms with Gasteiger partial charge < -0.3 is 30.2 Å². The number of carbonyl (C=O) groups excluding carboxylic acids is 1. The number of carbonyl (C=O) groups is 1. The fourth-order valence-corrected chi connectivity index (χ4v) is 2.76. The van der Waals surface area contributed by atoms with Crippen LogP contribution in [0.2, 0.25) is 0 Å². The summed E-state index contributed by atoms with van der Waals surface area (Å²) in [5.74, 6) is -0.0440. The van der Waals surface area contributed by atoms with E-state index in [4.69, 9.17) is 5.11 Å². The van der Waals surface area contributed by atoms with Gasteiger partial charge in [-0.3, -0.25) is 19.6 Å². The van der Waals surface area contributed by atoms with Gasteiger partial charge in [0, 0.05) is 19.6 Å². The molecule has 1 aliphatic heterocycles. The Balaban J connectivity index is 2.32. The SMILES string of the molecule is CC(=O)CN1CCN(C[C@H](O)[C@H](O)[C@H](O)CO)c2[nH]c(=O)[nH]c(=O)c21. The van der Waals surface area contributed by atoms with Crippen molar-refractivity contribution >= 4 is 17.3 Å². The van der Waals surface area contributed by atoms with Gasteiger partial charge in [0.15, 0.2) is 0 Å². The van der Waals surface area contributed by atoms with Crippen molar-refractivity contribution in [2.24, 2.45) is 0 Å². The van der Waals surface area contributed by atoms with Crippen LogP contribution < -0.4 is 21.0 Å². The molecule has 0 saturated carbocycles. The van der Waals surface area contributed by atoms with Crippen LogP contribution in [0.1, 0.15) is 6.92 Å². The summed E-state index contributed by atoms with van der Waals surface area (Å²) in [5.41, 5.74) is -1.33. The van der Waals surface area contributed by atoms with E-state index in [-0.39, 0.29) is 43.5 Å². The molecule has 140 valence electrons. The minimum Gasteiger partial charge on any atom is -0.394 e. The molecule has 3 atom stereocenters. The Morgan fingerprint density at radius 3 is 2.36 bits per heavy atom. The van der Waals surface area contributed by atoms with Gasteiger partial charge in [-0.25, -0.2) is 4.79 Å². The van der Waals surface area contributed by atoms with Crippen molar-refractivity contribution in [2.45, 2.75) is 25.2 Å². The highest BCUT2D eigenvalue weighted by atomic mass is 16.4. The molecule has 2 rings (SSSR count). The summed E-state index contributed by atoms with van der Waals surface area (Å²) in [6.07, 6.45) is -4.55. The van der Waals surface area contributed by atoms with Crippen LogP contribution in [0, 0.1) is 0 Å². The number of ketones is 1. The van der Waals surface area contributed by atoms with Crippen LogP contribution in [0.25, 0.3) is 0 Å². The number of hydrogen-bond donors (Lipinski definition) is 6. The molecular formula is C14H22N4O7. The summed E-state index contributed by atoms with van der Waals surface area (Å²) in [4.78, 5) is 42.7. The lowest BCUT2D eigenvalue weighted by atomic mass is 10.1. The summed E-state index contributed by atoms with van der Waals surface area (Å²) in [5, 5.41) is 38.1. The van der Waals surface area contributed by atoms with Gasteiger partial charge in [-0.15, -0.1) is 0 Å². The lowest BCUT2D eigenvalue weighted by Crippen LogP contribution is -2.52. The zero-order valence-electron chi connectivity index (χ0n) is 13.7. The van der Waals surface area contributed by atoms with Crippen LogP contribution in [0.4, 0.5) is 11.5 Å². The van der Waals surface area contributed by atoms with Crippen LogP contribution >= 0.6 is 0 Å². The van der Waals surface area contributed by atoms with Crippen molar-refractivity contribution in [2.75, 3.05) is 42.6 Å². The normalized spacial score (nSPS) is 17.8. The van der Waals surface area contributed by atoms with Crippen LogP contribution in [0.15, 0.2) is 9.59 Å². The van der Waals surface area contributed by atoms with Gasteiger partial charge in [-0.1, -0.05) is 0 Å². The number of aromatic nitrogens is 2. The minimum atomic E-state index is -1.60. The Morgan fingerprint density at radius 1 is 1.12 bits per heavy atom. The van der Waals surface area contributed by atoms with Gasteiger partial charge in [0.1, 0.15) is 29.5 Å². The van der Waals surface area contributed by atoms with E-state index in [0.717, 1.165) is 0 Å². The number of anilines is 2. The molecular weight excluding hydrogens is 336 g/mol. The zero-order valence-corrected chi connectivity index (χ0v) is 13.7. The first kappa shape index (κ1) is 19.1. The predicted molar refractivity (Wildman–Crippen MR) is 87.9 cm³/mol. The minimum absolute atomic E-state index is 0.00955. The van der Waals surface area contributed by atoms with E-state index in [1.807, 2.05) is 0 Å². The molecule has 0 saturated heterocycles. The topological polar surface area (TPSA) is 170 Å². The van der Waals surface area contributed by atoms with Crippen molar-refractivity contribution in [1.82, 2.24) is 9.97 Å². The third kappa shape index (κ3) is 4.25. The average Bonchev–Trinajstić information content (AvgIpc) is 2.54. The van der Waals surface area contributed by atoms with E-state index in [1.54, 1.807) is 0 Å². The first-order valence-corrected chi connectivity index (χ1v) is 7.75. The zero-order chi connectivity index (χ0) is 18.7. The van der Waals surface area contributed by atoms with E-state index in [0.29, 0.717) is 0 Å². The maximum Gasteiger partial charge on any atom is 0.327 e. The molecule has 6 N–H and O–H groups in total. The molecule has 2 heterocycles. The van der Waals surface area contributed by atoms with Crippen LogP contribution in [-0.2, 0) is 4.79 Å². The van der Waals surface area contributed by atoms with Crippen molar-refractivity contribution in [1.29, 1.82) is 0 Å². The van der Waals surface area contributed by atoms with Gasteiger partial charge >= 0.3 is 5.69 Å². The summed E-state index contributed by atoms with van der Waals surface area (Å²) in [7, 11) is 0. The molecule has 25 heavy (non-hydrogen) atoms. The summed E-state index contributed by atoms with van der Waals surface area (Å²) in [6, 6.07) is 0. The second kappa shape index (κ2) is 7.78. The summed E-state index contributed by atoms with van der Waals surface area (Å²) >= 11 is 0. The number of aliphatic hydroxyl groups excluding tert-OH is 4. The molecule has 11 nitrogen and oxygen atoms in total. The number of aromatic amines is 2. The molecule has 0 radical (unpaired) electrons. The molecule has 1 aromatic heterocycles. The van der Waals surface area contributed by atoms with Gasteiger partial charge in [0.05, 0.1) is 19.3 Å². The molecule has 0 fully saturated rings. The molecule has 1 aromatic rings. The number of H-pyrrole nitrogens is 2. The number of fused-ring (bicyclic) bond motifs is 1. The van der Waals surface area contributed by atoms with Gasteiger partial charge in [-0.2, -0.15) is 0 Å². The third-order valence-corrected chi connectivity index (χ3v) is 3.97. The number of nitrogens with one attached hydrogen (secondary N) is 2. The Bertz CT molecular complexity index is 731. The highest BCUT2D eigenvalue weighted by Gasteiger charge is 2.31. The number of Topliss-reactive ketones (excluding diaryl/α,β-unsaturated/α-hetero) is 1. The van der Waals surface area contributed by atoms with Crippen molar-refractivity contribution in [3.05, 3.63) is 20.8 Å². The molecule has 0 bridgehead atoms. The van der Waals surface area contributed by atoms with Crippen molar-refractivity contribution in [3.8, 4) is 0 Å². The van der Waals surface area contributed by atoms with Gasteiger partial charge in [0.25, 0.3) is 5.56 Å². The fraction of sp³-hybridized carbons (Fsp3) is 0.643. The Hall–Kier alpha value is -2.21. The molecule has 1 aliphatic rings. The van der Waals surface area contributed by atoms with Crippen molar-refractivity contribution in [3.63, 3.8) is 0 Å². The Morgan fingerprint density at radius 2 is 1.76 bits per heavy atom. The Labute approximate surface area is 142 Å². The van der Waals surface area contributed by atoms with E-state index in [2.05, 4.69) is 9.97 Å². The predicted octanol–water partition coefficient (Wildman–Crippen LogP) is -3.65. The van der Waals surface area contributed by atoms with E-state index in [9.17, 15) is 29.7 Å². The number of hydrogen-bond acceptors (Lipinski definition) is 9. The van der Waals surface area contributed by atoms with Crippen LogP contribution in [-0.4, -0.2) is 87.3 Å². The van der Waals surface area contributed by atoms with Crippen LogP contribution in [0.5, 0.6) is 0 Å². The molecule has 0 amide bonds. The highest BCUT2D eigenvalue weighted by molar-refractivity contribution is 5.83. The van der Waals surface area contributed by atoms with Crippen molar-refractivity contribution < 1.29 is 25.2 Å². The number of nitrogens with zero attached hydrogens (tertiary/aromatic N) is 2. The second-order valence-electron chi connectivity index (χ2n) is 5.98. The van der Waals surface area contributed by atoms with E-state index >= 15 is 0 Å². The Kier molecular flexibility index (Phi) is 5.95. The van der Waals surface area contributed by atoms with Gasteiger partial charge in [-0.05, 0) is 6.92 Å². The average molecular weight is 358 g/mol. The molecule has 0 unspecified atom stereocenters. The lowest BCUT2D eigenvalue weighted by Gasteiger charge is -2.38. The molecule has 11 heteroatoms. The quantitative estimate of drug-likeness (QED) is 0.288. The second-order valence-corrected chi connectivity index (χ2v) is 5.98. The van der Waals surface area contributed by atoms with Gasteiger partial charge in [0.2, 0.25) is 0 Å². The standard InChI is InChI=1S/C14H22N4O7/c1-7(20)4-17-2-3-18(5-8(21)11(23)9(22)6-19)12-10(17)13(24)16-14(25)15-12/h8-9,11,19,21-23H,2-6H2,1H3,(H2,15,16,24,25)/t8-,9+,11-/m0/s1. The maximum atomic E-state index is 12.2. The first-order chi connectivity index (χ1) is 11.7. The number of aliphatic hydroxyl groups is 4. The third-order valence-electron chi connectivity index (χ3n) is 3.97. The summed E-state index contributed by atoms with van der Waals surface area (Å²) < 4.78 is 0. The lowest BCUT2D eigenvalue weighted by molar-refractivity contribution is -0.115. The first-order valence-electron chi connectivity index (χ1n) is 7.75. The summed E-state index contributed by atoms with van der Waals surface area (Å²) in [6.45, 7) is 0.995. The number of β-amino-alcohol motifs (C(OH)–C–C–N with tert-alkyl or cyclic N) is 1. The molecule has 0 spiro atoms. The smallest absolute Gasteiger partial charge is 0.327 e. The number of rotatable bonds is 7. The monoisotopic (exact) mass is 358 g/mol. The highest BCUT2D eigenvalue weighted by Crippen LogP contribution is 2.26. The fourth-order valence-electron chi connectivity index (χ4n) is 2.76.